The Bertz CT molecular complexity index is 522. The maximum absolute atomic E-state index is 10.9. The van der Waals surface area contributed by atoms with Crippen LogP contribution in [0.15, 0.2) is 18.2 Å². The molecule has 1 aromatic heterocycles. The lowest BCUT2D eigenvalue weighted by molar-refractivity contribution is 0.687. The zero-order chi connectivity index (χ0) is 11.5. The maximum atomic E-state index is 10.9. The van der Waals surface area contributed by atoms with Crippen molar-refractivity contribution in [3.05, 3.63) is 23.8 Å². The van der Waals surface area contributed by atoms with Gasteiger partial charge in [-0.2, -0.15) is 0 Å². The molecule has 16 heavy (non-hydrogen) atoms. The van der Waals surface area contributed by atoms with Crippen LogP contribution in [0.25, 0.3) is 10.2 Å². The number of aryl methyl sites for hydroxylation is 1. The fraction of sp³-hybridized carbons (Fsp3) is 0.364. The molecule has 1 atom stereocenters. The van der Waals surface area contributed by atoms with E-state index >= 15 is 0 Å². The number of fused-ring (bicyclic) bond motifs is 1. The average Bonchev–Trinajstić information content (AvgIpc) is 2.58. The molecule has 2 rings (SSSR count). The Labute approximate surface area is 101 Å². The zero-order valence-corrected chi connectivity index (χ0v) is 11.0. The highest BCUT2D eigenvalue weighted by Crippen LogP contribution is 2.26. The molecule has 1 heterocycles. The molecule has 2 aromatic rings. The van der Waals surface area contributed by atoms with Crippen molar-refractivity contribution < 1.29 is 4.21 Å². The molecular weight excluding hydrogens is 240 g/mol. The summed E-state index contributed by atoms with van der Waals surface area (Å²) in [5.74, 6) is 0.662. The molecule has 1 unspecified atom stereocenters. The second-order valence-corrected chi connectivity index (χ2v) is 6.28. The molecule has 0 aliphatic rings. The highest BCUT2D eigenvalue weighted by Gasteiger charge is 2.03. The summed E-state index contributed by atoms with van der Waals surface area (Å²) in [6.07, 6.45) is 1.71. The molecule has 0 bridgehead atoms. The number of anilines is 1. The summed E-state index contributed by atoms with van der Waals surface area (Å²) < 4.78 is 12.1. The number of rotatable bonds is 4. The van der Waals surface area contributed by atoms with Crippen LogP contribution in [0.3, 0.4) is 0 Å². The van der Waals surface area contributed by atoms with Crippen molar-refractivity contribution in [2.75, 3.05) is 23.9 Å². The normalized spacial score (nSPS) is 12.9. The molecule has 0 radical (unpaired) electrons. The molecule has 0 aliphatic heterocycles. The van der Waals surface area contributed by atoms with Gasteiger partial charge in [-0.05, 0) is 24.6 Å². The van der Waals surface area contributed by atoms with Gasteiger partial charge in [-0.15, -0.1) is 0 Å². The van der Waals surface area contributed by atoms with Crippen LogP contribution in [0, 0.1) is 6.92 Å². The number of aromatic nitrogens is 1. The minimum atomic E-state index is -0.746. The van der Waals surface area contributed by atoms with Crippen LogP contribution in [0.2, 0.25) is 0 Å². The predicted octanol–water partition coefficient (Wildman–Crippen LogP) is 2.40. The minimum Gasteiger partial charge on any atom is -0.361 e. The highest BCUT2D eigenvalue weighted by atomic mass is 32.2. The monoisotopic (exact) mass is 254 g/mol. The van der Waals surface area contributed by atoms with Crippen molar-refractivity contribution in [2.45, 2.75) is 6.92 Å². The lowest BCUT2D eigenvalue weighted by Gasteiger charge is -1.98. The van der Waals surface area contributed by atoms with E-state index < -0.39 is 10.8 Å². The fourth-order valence-corrected chi connectivity index (χ4v) is 2.79. The van der Waals surface area contributed by atoms with Gasteiger partial charge in [-0.3, -0.25) is 4.21 Å². The molecule has 0 spiro atoms. The average molecular weight is 254 g/mol. The van der Waals surface area contributed by atoms with E-state index in [1.54, 1.807) is 17.6 Å². The van der Waals surface area contributed by atoms with Crippen LogP contribution in [-0.2, 0) is 10.8 Å². The smallest absolute Gasteiger partial charge is 0.183 e. The van der Waals surface area contributed by atoms with E-state index in [9.17, 15) is 4.21 Å². The lowest BCUT2D eigenvalue weighted by atomic mass is 10.2. The van der Waals surface area contributed by atoms with Crippen LogP contribution in [0.5, 0.6) is 0 Å². The van der Waals surface area contributed by atoms with Gasteiger partial charge in [0.25, 0.3) is 0 Å². The van der Waals surface area contributed by atoms with Crippen molar-refractivity contribution in [1.29, 1.82) is 0 Å². The standard InChI is InChI=1S/C11H14N2OS2/c1-8-3-4-9-10(7-8)15-11(13-9)12-5-6-16(2)14/h3-4,7H,5-6H2,1-2H3,(H,12,13). The number of hydrogen-bond acceptors (Lipinski definition) is 4. The maximum Gasteiger partial charge on any atom is 0.183 e. The first-order valence-electron chi connectivity index (χ1n) is 5.06. The molecule has 5 heteroatoms. The first-order chi connectivity index (χ1) is 7.65. The molecule has 0 saturated heterocycles. The Morgan fingerprint density at radius 3 is 3.06 bits per heavy atom. The molecule has 0 amide bonds. The van der Waals surface area contributed by atoms with Crippen molar-refractivity contribution in [1.82, 2.24) is 4.98 Å². The summed E-state index contributed by atoms with van der Waals surface area (Å²) in [6.45, 7) is 2.79. The molecule has 0 aliphatic carbocycles. The van der Waals surface area contributed by atoms with E-state index in [4.69, 9.17) is 0 Å². The van der Waals surface area contributed by atoms with Gasteiger partial charge in [0.2, 0.25) is 0 Å². The largest absolute Gasteiger partial charge is 0.361 e. The van der Waals surface area contributed by atoms with Crippen molar-refractivity contribution in [3.8, 4) is 0 Å². The summed E-state index contributed by atoms with van der Waals surface area (Å²) in [5.41, 5.74) is 2.27. The van der Waals surface area contributed by atoms with Crippen molar-refractivity contribution >= 4 is 37.5 Å². The lowest BCUT2D eigenvalue weighted by Crippen LogP contribution is -2.09. The molecule has 1 aromatic carbocycles. The Kier molecular flexibility index (Phi) is 3.56. The SMILES string of the molecule is Cc1ccc2nc(NCCS(C)=O)sc2c1. The van der Waals surface area contributed by atoms with Crippen LogP contribution < -0.4 is 5.32 Å². The van der Waals surface area contributed by atoms with Gasteiger partial charge in [-0.1, -0.05) is 17.4 Å². The molecule has 3 nitrogen and oxygen atoms in total. The zero-order valence-electron chi connectivity index (χ0n) is 9.32. The Morgan fingerprint density at radius 2 is 2.31 bits per heavy atom. The molecule has 86 valence electrons. The highest BCUT2D eigenvalue weighted by molar-refractivity contribution is 7.84. The van der Waals surface area contributed by atoms with Crippen LogP contribution >= 0.6 is 11.3 Å². The number of nitrogens with one attached hydrogen (secondary N) is 1. The summed E-state index contributed by atoms with van der Waals surface area (Å²) in [4.78, 5) is 4.46. The second kappa shape index (κ2) is 4.93. The minimum absolute atomic E-state index is 0.662. The van der Waals surface area contributed by atoms with E-state index in [1.807, 2.05) is 6.07 Å². The summed E-state index contributed by atoms with van der Waals surface area (Å²) in [7, 11) is -0.746. The van der Waals surface area contributed by atoms with Gasteiger partial charge in [0.15, 0.2) is 5.13 Å². The fourth-order valence-electron chi connectivity index (χ4n) is 1.41. The number of hydrogen-bond donors (Lipinski definition) is 1. The van der Waals surface area contributed by atoms with Crippen molar-refractivity contribution in [2.24, 2.45) is 0 Å². The molecule has 0 fully saturated rings. The number of nitrogens with zero attached hydrogens (tertiary/aromatic N) is 1. The van der Waals surface area contributed by atoms with Crippen LogP contribution in [-0.4, -0.2) is 27.7 Å². The summed E-state index contributed by atoms with van der Waals surface area (Å²) in [5, 5.41) is 4.11. The second-order valence-electron chi connectivity index (χ2n) is 3.69. The quantitative estimate of drug-likeness (QED) is 0.911. The van der Waals surface area contributed by atoms with E-state index in [0.717, 1.165) is 10.6 Å². The van der Waals surface area contributed by atoms with E-state index in [-0.39, 0.29) is 0 Å². The summed E-state index contributed by atoms with van der Waals surface area (Å²) >= 11 is 1.64. The van der Waals surface area contributed by atoms with Gasteiger partial charge >= 0.3 is 0 Å². The van der Waals surface area contributed by atoms with Gasteiger partial charge in [0.1, 0.15) is 0 Å². The van der Waals surface area contributed by atoms with E-state index in [0.29, 0.717) is 12.3 Å². The molecular formula is C11H14N2OS2. The third kappa shape index (κ3) is 2.80. The predicted molar refractivity (Wildman–Crippen MR) is 71.8 cm³/mol. The third-order valence-corrected chi connectivity index (χ3v) is 3.96. The first kappa shape index (κ1) is 11.5. The van der Waals surface area contributed by atoms with Gasteiger partial charge in [0, 0.05) is 29.4 Å². The third-order valence-electron chi connectivity index (χ3n) is 2.21. The van der Waals surface area contributed by atoms with E-state index in [2.05, 4.69) is 29.4 Å². The van der Waals surface area contributed by atoms with Crippen LogP contribution in [0.1, 0.15) is 5.56 Å². The number of benzene rings is 1. The first-order valence-corrected chi connectivity index (χ1v) is 7.60. The topological polar surface area (TPSA) is 42.0 Å². The van der Waals surface area contributed by atoms with Gasteiger partial charge < -0.3 is 5.32 Å². The van der Waals surface area contributed by atoms with Gasteiger partial charge in [-0.25, -0.2) is 4.98 Å². The molecule has 1 N–H and O–H groups in total. The summed E-state index contributed by atoms with van der Waals surface area (Å²) in [6, 6.07) is 6.23. The Hall–Kier alpha value is -0.940. The van der Waals surface area contributed by atoms with E-state index in [1.165, 1.54) is 10.3 Å². The Morgan fingerprint density at radius 1 is 1.50 bits per heavy atom. The van der Waals surface area contributed by atoms with Crippen LogP contribution in [0.4, 0.5) is 5.13 Å². The number of thiazole rings is 1. The van der Waals surface area contributed by atoms with Crippen molar-refractivity contribution in [3.63, 3.8) is 0 Å². The molecule has 0 saturated carbocycles. The van der Waals surface area contributed by atoms with Gasteiger partial charge in [0.05, 0.1) is 10.2 Å². The Balaban J connectivity index is 2.10.